The highest BCUT2D eigenvalue weighted by Gasteiger charge is 2.61. The largest absolute Gasteiger partial charge is 0.508 e. The van der Waals surface area contributed by atoms with E-state index in [4.69, 9.17) is 0 Å². The number of benzene rings is 2. The molecule has 4 rings (SSSR count). The van der Waals surface area contributed by atoms with Crippen LogP contribution in [0.15, 0.2) is 36.4 Å². The highest BCUT2D eigenvalue weighted by atomic mass is 16.3. The smallest absolute Gasteiger partial charge is 0.115 e. The molecular formula is C24H30O2. The lowest BCUT2D eigenvalue weighted by Gasteiger charge is -2.39. The first-order chi connectivity index (χ1) is 12.2. The van der Waals surface area contributed by atoms with Gasteiger partial charge in [0.1, 0.15) is 11.5 Å². The minimum absolute atomic E-state index is 0.0300. The van der Waals surface area contributed by atoms with Gasteiger partial charge in [-0.3, -0.25) is 0 Å². The fraction of sp³-hybridized carbons (Fsp3) is 0.500. The van der Waals surface area contributed by atoms with Crippen molar-refractivity contribution in [1.29, 1.82) is 0 Å². The van der Waals surface area contributed by atoms with Crippen molar-refractivity contribution in [2.24, 2.45) is 5.92 Å². The zero-order valence-corrected chi connectivity index (χ0v) is 16.6. The SMILES string of the molecule is CCC1(C)CC2(c3ccc(O)cc31)c1ccc(O)cc1C(C)(CC)C2C. The second kappa shape index (κ2) is 5.28. The molecule has 2 aliphatic carbocycles. The van der Waals surface area contributed by atoms with Crippen LogP contribution in [-0.2, 0) is 16.2 Å². The van der Waals surface area contributed by atoms with Crippen LogP contribution in [0.5, 0.6) is 11.5 Å². The van der Waals surface area contributed by atoms with Crippen LogP contribution in [0.3, 0.4) is 0 Å². The minimum atomic E-state index is -0.0540. The number of hydrogen-bond acceptors (Lipinski definition) is 2. The van der Waals surface area contributed by atoms with E-state index in [2.05, 4.69) is 46.8 Å². The first-order valence-corrected chi connectivity index (χ1v) is 9.91. The molecule has 0 saturated heterocycles. The third-order valence-electron chi connectivity index (χ3n) is 8.11. The van der Waals surface area contributed by atoms with Gasteiger partial charge in [-0.1, -0.05) is 46.8 Å². The molecule has 0 bridgehead atoms. The molecule has 0 aromatic heterocycles. The molecular weight excluding hydrogens is 320 g/mol. The van der Waals surface area contributed by atoms with E-state index >= 15 is 0 Å². The van der Waals surface area contributed by atoms with Crippen molar-refractivity contribution in [3.8, 4) is 11.5 Å². The maximum atomic E-state index is 10.2. The Morgan fingerprint density at radius 1 is 0.846 bits per heavy atom. The molecule has 26 heavy (non-hydrogen) atoms. The van der Waals surface area contributed by atoms with Crippen LogP contribution in [0.4, 0.5) is 0 Å². The first kappa shape index (κ1) is 17.5. The van der Waals surface area contributed by atoms with Gasteiger partial charge in [0.25, 0.3) is 0 Å². The second-order valence-corrected chi connectivity index (χ2v) is 9.01. The normalized spacial score (nSPS) is 34.9. The Bertz CT molecular complexity index is 873. The Hall–Kier alpha value is -1.96. The van der Waals surface area contributed by atoms with E-state index in [1.807, 2.05) is 24.3 Å². The van der Waals surface area contributed by atoms with E-state index in [0.717, 1.165) is 19.3 Å². The van der Waals surface area contributed by atoms with Gasteiger partial charge in [0.2, 0.25) is 0 Å². The molecule has 4 unspecified atom stereocenters. The molecule has 0 amide bonds. The highest BCUT2D eigenvalue weighted by Crippen LogP contribution is 2.67. The van der Waals surface area contributed by atoms with E-state index in [0.29, 0.717) is 17.4 Å². The summed E-state index contributed by atoms with van der Waals surface area (Å²) in [6.45, 7) is 11.6. The third kappa shape index (κ3) is 1.88. The lowest BCUT2D eigenvalue weighted by Crippen LogP contribution is -2.38. The molecule has 2 aromatic carbocycles. The van der Waals surface area contributed by atoms with Gasteiger partial charge in [-0.25, -0.2) is 0 Å². The van der Waals surface area contributed by atoms with Crippen molar-refractivity contribution in [3.05, 3.63) is 58.7 Å². The van der Waals surface area contributed by atoms with Crippen molar-refractivity contribution in [1.82, 2.24) is 0 Å². The molecule has 138 valence electrons. The average Bonchev–Trinajstić information content (AvgIpc) is 2.99. The van der Waals surface area contributed by atoms with E-state index < -0.39 is 0 Å². The maximum absolute atomic E-state index is 10.2. The predicted octanol–water partition coefficient (Wildman–Crippen LogP) is 5.77. The monoisotopic (exact) mass is 350 g/mol. The van der Waals surface area contributed by atoms with Gasteiger partial charge in [-0.15, -0.1) is 0 Å². The lowest BCUT2D eigenvalue weighted by atomic mass is 9.63. The van der Waals surface area contributed by atoms with Crippen LogP contribution < -0.4 is 0 Å². The standard InChI is InChI=1S/C24H30O2/c1-6-22(4)14-24(18-10-8-16(25)12-20(18)22)15(3)23(5,7-2)21-13-17(26)9-11-19(21)24/h8-13,15,25-26H,6-7,14H2,1-5H3. The maximum Gasteiger partial charge on any atom is 0.115 e. The van der Waals surface area contributed by atoms with Gasteiger partial charge < -0.3 is 10.2 Å². The molecule has 2 nitrogen and oxygen atoms in total. The van der Waals surface area contributed by atoms with Gasteiger partial charge >= 0.3 is 0 Å². The summed E-state index contributed by atoms with van der Waals surface area (Å²) in [7, 11) is 0. The molecule has 2 aromatic rings. The molecule has 0 radical (unpaired) electrons. The molecule has 2 aliphatic rings. The van der Waals surface area contributed by atoms with Crippen molar-refractivity contribution >= 4 is 0 Å². The lowest BCUT2D eigenvalue weighted by molar-refractivity contribution is 0.216. The van der Waals surface area contributed by atoms with Gasteiger partial charge in [-0.2, -0.15) is 0 Å². The molecule has 2 N–H and O–H groups in total. The minimum Gasteiger partial charge on any atom is -0.508 e. The van der Waals surface area contributed by atoms with Crippen LogP contribution >= 0.6 is 0 Å². The summed E-state index contributed by atoms with van der Waals surface area (Å²) in [4.78, 5) is 0. The Balaban J connectivity index is 2.08. The summed E-state index contributed by atoms with van der Waals surface area (Å²) >= 11 is 0. The summed E-state index contributed by atoms with van der Waals surface area (Å²) in [5.74, 6) is 1.14. The quantitative estimate of drug-likeness (QED) is 0.721. The van der Waals surface area contributed by atoms with Gasteiger partial charge in [0.15, 0.2) is 0 Å². The van der Waals surface area contributed by atoms with Crippen LogP contribution in [-0.4, -0.2) is 10.2 Å². The molecule has 1 spiro atoms. The van der Waals surface area contributed by atoms with Crippen LogP contribution in [0.25, 0.3) is 0 Å². The topological polar surface area (TPSA) is 40.5 Å². The number of phenols is 2. The fourth-order valence-corrected chi connectivity index (χ4v) is 6.07. The Labute approximate surface area is 156 Å². The van der Waals surface area contributed by atoms with E-state index in [9.17, 15) is 10.2 Å². The van der Waals surface area contributed by atoms with Crippen molar-refractivity contribution in [2.45, 2.75) is 70.1 Å². The summed E-state index contributed by atoms with van der Waals surface area (Å²) < 4.78 is 0. The van der Waals surface area contributed by atoms with E-state index in [1.165, 1.54) is 22.3 Å². The van der Waals surface area contributed by atoms with Crippen LogP contribution in [0.1, 0.15) is 76.1 Å². The summed E-state index contributed by atoms with van der Waals surface area (Å²) in [5, 5.41) is 20.4. The highest BCUT2D eigenvalue weighted by molar-refractivity contribution is 5.62. The zero-order valence-electron chi connectivity index (χ0n) is 16.6. The molecule has 0 fully saturated rings. The Morgan fingerprint density at radius 3 is 1.92 bits per heavy atom. The Kier molecular flexibility index (Phi) is 3.54. The number of aromatic hydroxyl groups is 2. The predicted molar refractivity (Wildman–Crippen MR) is 106 cm³/mol. The third-order valence-corrected chi connectivity index (χ3v) is 8.11. The zero-order chi connectivity index (χ0) is 18.9. The van der Waals surface area contributed by atoms with Gasteiger partial charge in [0.05, 0.1) is 0 Å². The molecule has 4 atom stereocenters. The number of hydrogen-bond donors (Lipinski definition) is 2. The molecule has 0 aliphatic heterocycles. The molecule has 2 heteroatoms. The van der Waals surface area contributed by atoms with Crippen LogP contribution in [0, 0.1) is 5.92 Å². The van der Waals surface area contributed by atoms with Gasteiger partial charge in [0, 0.05) is 5.41 Å². The number of phenolic OH excluding ortho intramolecular Hbond substituents is 2. The fourth-order valence-electron chi connectivity index (χ4n) is 6.07. The summed E-state index contributed by atoms with van der Waals surface area (Å²) in [6, 6.07) is 12.0. The van der Waals surface area contributed by atoms with Crippen molar-refractivity contribution in [3.63, 3.8) is 0 Å². The molecule has 0 heterocycles. The first-order valence-electron chi connectivity index (χ1n) is 9.91. The van der Waals surface area contributed by atoms with Crippen LogP contribution in [0.2, 0.25) is 0 Å². The number of fused-ring (bicyclic) bond motifs is 4. The number of rotatable bonds is 2. The Morgan fingerprint density at radius 2 is 1.38 bits per heavy atom. The van der Waals surface area contributed by atoms with Gasteiger partial charge in [-0.05, 0) is 82.5 Å². The average molecular weight is 351 g/mol. The summed E-state index contributed by atoms with van der Waals surface area (Å²) in [6.07, 6.45) is 3.15. The second-order valence-electron chi connectivity index (χ2n) is 9.01. The van der Waals surface area contributed by atoms with Crippen molar-refractivity contribution in [2.75, 3.05) is 0 Å². The van der Waals surface area contributed by atoms with E-state index in [-0.39, 0.29) is 16.2 Å². The molecule has 0 saturated carbocycles. The van der Waals surface area contributed by atoms with E-state index in [1.54, 1.807) is 0 Å². The van der Waals surface area contributed by atoms with Crippen molar-refractivity contribution < 1.29 is 10.2 Å². The summed E-state index contributed by atoms with van der Waals surface area (Å²) in [5.41, 5.74) is 5.37.